The highest BCUT2D eigenvalue weighted by atomic mass is 79.9. The maximum atomic E-state index is 3.60. The first-order chi connectivity index (χ1) is 5.79. The Kier molecular flexibility index (Phi) is 2.42. The summed E-state index contributed by atoms with van der Waals surface area (Å²) in [6, 6.07) is 8.48. The summed E-state index contributed by atoms with van der Waals surface area (Å²) in [5.74, 6) is 0. The number of hydrogen-bond acceptors (Lipinski definition) is 1. The Morgan fingerprint density at radius 2 is 2.08 bits per heavy atom. The Morgan fingerprint density at radius 1 is 1.33 bits per heavy atom. The smallest absolute Gasteiger partial charge is 0.0957 e. The number of hydrogen-bond donors (Lipinski definition) is 0. The summed E-state index contributed by atoms with van der Waals surface area (Å²) in [6.45, 7) is 0. The van der Waals surface area contributed by atoms with E-state index in [1.165, 1.54) is 11.3 Å². The molecule has 0 saturated carbocycles. The Bertz CT molecular complexity index is 288. The molecule has 1 heterocycles. The second kappa shape index (κ2) is 3.38. The topological polar surface area (TPSA) is 3.24 Å². The van der Waals surface area contributed by atoms with Crippen LogP contribution in [-0.4, -0.2) is 4.95 Å². The average Bonchev–Trinajstić information content (AvgIpc) is 2.12. The lowest BCUT2D eigenvalue weighted by Gasteiger charge is -2.29. The third-order valence-electron chi connectivity index (χ3n) is 2.12. The quantitative estimate of drug-likeness (QED) is 0.402. The second-order valence-corrected chi connectivity index (χ2v) is 4.73. The third-order valence-corrected chi connectivity index (χ3v) is 4.41. The summed E-state index contributed by atoms with van der Waals surface area (Å²) < 4.78 is 2.10. The molecule has 1 aliphatic rings. The fourth-order valence-electron chi connectivity index (χ4n) is 1.47. The lowest BCUT2D eigenvalue weighted by molar-refractivity contribution is 0.768. The van der Waals surface area contributed by atoms with Crippen molar-refractivity contribution in [1.82, 2.24) is 0 Å². The van der Waals surface area contributed by atoms with Crippen molar-refractivity contribution in [3.63, 3.8) is 0 Å². The summed E-state index contributed by atoms with van der Waals surface area (Å²) in [7, 11) is 0. The Labute approximate surface area is 89.2 Å². The Morgan fingerprint density at radius 3 is 2.92 bits per heavy atom. The minimum Gasteiger partial charge on any atom is -0.295 e. The molecular formula is C9H9Br2N. The highest BCUT2D eigenvalue weighted by molar-refractivity contribution is 9.12. The fraction of sp³-hybridized carbons (Fsp3) is 0.333. The molecule has 0 saturated heterocycles. The predicted octanol–water partition coefficient (Wildman–Crippen LogP) is 3.47. The van der Waals surface area contributed by atoms with Gasteiger partial charge in [-0.25, -0.2) is 0 Å². The molecule has 12 heavy (non-hydrogen) atoms. The van der Waals surface area contributed by atoms with E-state index >= 15 is 0 Å². The van der Waals surface area contributed by atoms with Crippen molar-refractivity contribution < 1.29 is 0 Å². The first-order valence-electron chi connectivity index (χ1n) is 3.96. The molecule has 1 aromatic rings. The van der Waals surface area contributed by atoms with Crippen molar-refractivity contribution in [2.75, 3.05) is 3.93 Å². The van der Waals surface area contributed by atoms with Crippen LogP contribution in [0, 0.1) is 0 Å². The third kappa shape index (κ3) is 1.40. The van der Waals surface area contributed by atoms with Crippen molar-refractivity contribution in [1.29, 1.82) is 0 Å². The molecule has 1 aromatic carbocycles. The molecule has 2 rings (SSSR count). The maximum Gasteiger partial charge on any atom is 0.0957 e. The van der Waals surface area contributed by atoms with Gasteiger partial charge in [0.05, 0.1) is 26.8 Å². The van der Waals surface area contributed by atoms with Crippen molar-refractivity contribution >= 4 is 37.8 Å². The maximum absolute atomic E-state index is 3.60. The standard InChI is InChI=1S/C9H9Br2N/c10-9-6-5-7-3-1-2-4-8(7)12(9)11/h1-4,9H,5-6H2. The van der Waals surface area contributed by atoms with Crippen molar-refractivity contribution in [2.45, 2.75) is 17.8 Å². The number of rotatable bonds is 0. The van der Waals surface area contributed by atoms with Gasteiger partial charge in [-0.15, -0.1) is 0 Å². The van der Waals surface area contributed by atoms with E-state index in [0.717, 1.165) is 12.8 Å². The number of anilines is 1. The highest BCUT2D eigenvalue weighted by Gasteiger charge is 2.21. The van der Waals surface area contributed by atoms with Gasteiger partial charge in [0.25, 0.3) is 0 Å². The SMILES string of the molecule is BrC1CCc2ccccc2N1Br. The van der Waals surface area contributed by atoms with E-state index in [1.807, 2.05) is 0 Å². The van der Waals surface area contributed by atoms with Gasteiger partial charge < -0.3 is 0 Å². The van der Waals surface area contributed by atoms with Crippen molar-refractivity contribution in [3.8, 4) is 0 Å². The van der Waals surface area contributed by atoms with Gasteiger partial charge >= 0.3 is 0 Å². The highest BCUT2D eigenvalue weighted by Crippen LogP contribution is 2.34. The van der Waals surface area contributed by atoms with Gasteiger partial charge in [0.1, 0.15) is 0 Å². The van der Waals surface area contributed by atoms with Crippen LogP contribution in [0.3, 0.4) is 0 Å². The van der Waals surface area contributed by atoms with Crippen LogP contribution in [0.2, 0.25) is 0 Å². The number of nitrogens with zero attached hydrogens (tertiary/aromatic N) is 1. The van der Waals surface area contributed by atoms with Crippen molar-refractivity contribution in [2.24, 2.45) is 0 Å². The molecule has 1 atom stereocenters. The Hall–Kier alpha value is -0.0200. The predicted molar refractivity (Wildman–Crippen MR) is 58.9 cm³/mol. The summed E-state index contributed by atoms with van der Waals surface area (Å²) in [4.78, 5) is 0.424. The molecule has 0 fully saturated rings. The average molecular weight is 291 g/mol. The second-order valence-electron chi connectivity index (χ2n) is 2.91. The Balaban J connectivity index is 2.42. The molecule has 3 heteroatoms. The molecule has 0 N–H and O–H groups in total. The van der Waals surface area contributed by atoms with Gasteiger partial charge in [0.15, 0.2) is 0 Å². The van der Waals surface area contributed by atoms with Crippen LogP contribution in [0.5, 0.6) is 0 Å². The van der Waals surface area contributed by atoms with Crippen LogP contribution in [0.4, 0.5) is 5.69 Å². The molecule has 1 unspecified atom stereocenters. The summed E-state index contributed by atoms with van der Waals surface area (Å²) in [5.41, 5.74) is 2.70. The number of halogens is 2. The fourth-order valence-corrected chi connectivity index (χ4v) is 2.47. The molecule has 64 valence electrons. The summed E-state index contributed by atoms with van der Waals surface area (Å²) in [5, 5.41) is 0. The van der Waals surface area contributed by atoms with E-state index in [0.29, 0.717) is 4.95 Å². The minimum absolute atomic E-state index is 0.424. The zero-order chi connectivity index (χ0) is 8.55. The zero-order valence-corrected chi connectivity index (χ0v) is 9.68. The summed E-state index contributed by atoms with van der Waals surface area (Å²) >= 11 is 7.14. The van der Waals surface area contributed by atoms with Crippen LogP contribution in [0.25, 0.3) is 0 Å². The first-order valence-corrected chi connectivity index (χ1v) is 5.58. The van der Waals surface area contributed by atoms with Gasteiger partial charge in [0.2, 0.25) is 0 Å². The minimum atomic E-state index is 0.424. The normalized spacial score (nSPS) is 22.2. The molecule has 0 spiro atoms. The van der Waals surface area contributed by atoms with E-state index < -0.39 is 0 Å². The molecule has 1 nitrogen and oxygen atoms in total. The number of aryl methyl sites for hydroxylation is 1. The molecule has 0 amide bonds. The van der Waals surface area contributed by atoms with Crippen LogP contribution >= 0.6 is 32.1 Å². The van der Waals surface area contributed by atoms with E-state index in [2.05, 4.69) is 60.3 Å². The number of benzene rings is 1. The van der Waals surface area contributed by atoms with E-state index in [4.69, 9.17) is 0 Å². The molecule has 0 aromatic heterocycles. The van der Waals surface area contributed by atoms with Crippen LogP contribution in [0.1, 0.15) is 12.0 Å². The summed E-state index contributed by atoms with van der Waals surface area (Å²) in [6.07, 6.45) is 2.32. The molecular weight excluding hydrogens is 282 g/mol. The zero-order valence-electron chi connectivity index (χ0n) is 6.50. The van der Waals surface area contributed by atoms with Gasteiger partial charge in [0, 0.05) is 0 Å². The largest absolute Gasteiger partial charge is 0.295 e. The van der Waals surface area contributed by atoms with Crippen LogP contribution < -0.4 is 3.93 Å². The number of alkyl halides is 1. The van der Waals surface area contributed by atoms with Gasteiger partial charge in [-0.05, 0) is 24.5 Å². The number of para-hydroxylation sites is 1. The lowest BCUT2D eigenvalue weighted by Crippen LogP contribution is -2.25. The number of fused-ring (bicyclic) bond motifs is 1. The van der Waals surface area contributed by atoms with Crippen LogP contribution in [0.15, 0.2) is 24.3 Å². The van der Waals surface area contributed by atoms with Gasteiger partial charge in [-0.1, -0.05) is 34.1 Å². The first kappa shape index (κ1) is 8.57. The van der Waals surface area contributed by atoms with Crippen molar-refractivity contribution in [3.05, 3.63) is 29.8 Å². The monoisotopic (exact) mass is 289 g/mol. The van der Waals surface area contributed by atoms with E-state index in [1.54, 1.807) is 0 Å². The van der Waals surface area contributed by atoms with Gasteiger partial charge in [-0.2, -0.15) is 0 Å². The van der Waals surface area contributed by atoms with Crippen LogP contribution in [-0.2, 0) is 6.42 Å². The molecule has 1 aliphatic heterocycles. The molecule has 0 aliphatic carbocycles. The molecule has 0 bridgehead atoms. The molecule has 0 radical (unpaired) electrons. The lowest BCUT2D eigenvalue weighted by atomic mass is 10.0. The van der Waals surface area contributed by atoms with E-state index in [-0.39, 0.29) is 0 Å². The van der Waals surface area contributed by atoms with Gasteiger partial charge in [-0.3, -0.25) is 3.93 Å². The van der Waals surface area contributed by atoms with E-state index in [9.17, 15) is 0 Å².